The van der Waals surface area contributed by atoms with E-state index < -0.39 is 0 Å². The highest BCUT2D eigenvalue weighted by Crippen LogP contribution is 2.38. The predicted molar refractivity (Wildman–Crippen MR) is 180 cm³/mol. The van der Waals surface area contributed by atoms with E-state index in [1.165, 1.54) is 7.11 Å². The molecule has 4 heterocycles. The van der Waals surface area contributed by atoms with Crippen molar-refractivity contribution >= 4 is 41.1 Å². The lowest BCUT2D eigenvalue weighted by Crippen LogP contribution is -2.35. The first kappa shape index (κ1) is 31.6. The molecule has 1 atom stereocenters. The normalized spacial score (nSPS) is 15.2. The van der Waals surface area contributed by atoms with Crippen LogP contribution >= 0.6 is 0 Å². The Hall–Kier alpha value is -5.39. The van der Waals surface area contributed by atoms with E-state index >= 15 is 0 Å². The number of rotatable bonds is 11. The topological polar surface area (TPSA) is 132 Å². The van der Waals surface area contributed by atoms with Gasteiger partial charge in [-0.1, -0.05) is 19.1 Å². The van der Waals surface area contributed by atoms with Gasteiger partial charge in [0.05, 0.1) is 31.0 Å². The number of carbonyl (C=O) groups is 3. The highest BCUT2D eigenvalue weighted by molar-refractivity contribution is 6.04. The van der Waals surface area contributed by atoms with Crippen molar-refractivity contribution in [2.45, 2.75) is 45.1 Å². The summed E-state index contributed by atoms with van der Waals surface area (Å²) in [5, 5.41) is 5.80. The maximum atomic E-state index is 13.1. The van der Waals surface area contributed by atoms with Crippen LogP contribution < -0.4 is 20.1 Å². The molecule has 4 aromatic rings. The highest BCUT2D eigenvalue weighted by atomic mass is 16.5. The van der Waals surface area contributed by atoms with Gasteiger partial charge in [-0.25, -0.2) is 4.98 Å². The van der Waals surface area contributed by atoms with Gasteiger partial charge < -0.3 is 34.1 Å². The number of carbonyl (C=O) groups excluding carboxylic acids is 3. The zero-order valence-electron chi connectivity index (χ0n) is 27.1. The minimum Gasteiger partial charge on any atom is -0.493 e. The number of methoxy groups -OCH3 is 1. The van der Waals surface area contributed by atoms with Crippen LogP contribution in [0.4, 0.5) is 17.2 Å². The summed E-state index contributed by atoms with van der Waals surface area (Å²) in [5.74, 6) is 1.94. The van der Waals surface area contributed by atoms with Crippen molar-refractivity contribution in [2.24, 2.45) is 19.1 Å². The van der Waals surface area contributed by atoms with E-state index in [0.29, 0.717) is 46.4 Å². The maximum absolute atomic E-state index is 13.1. The number of nitrogens with one attached hydrogen (secondary N) is 2. The van der Waals surface area contributed by atoms with Crippen LogP contribution in [-0.4, -0.2) is 69.3 Å². The van der Waals surface area contributed by atoms with Gasteiger partial charge in [-0.2, -0.15) is 0 Å². The Morgan fingerprint density at radius 2 is 1.81 bits per heavy atom. The second kappa shape index (κ2) is 13.5. The molecule has 2 aromatic heterocycles. The monoisotopic (exact) mass is 637 g/mol. The SMILES string of the molecule is CCc1nc(NC(=O)c2cc(-c3ccc(NC(=O)CCCOc4cc5c(cc4OC)C(=O)N4CCC[C@H]4C=N5)cc3)cn2C)cn1C. The second-order valence-corrected chi connectivity index (χ2v) is 11.8. The van der Waals surface area contributed by atoms with Crippen LogP contribution in [0.1, 0.15) is 59.3 Å². The van der Waals surface area contributed by atoms with Crippen LogP contribution in [0.15, 0.2) is 59.9 Å². The van der Waals surface area contributed by atoms with Gasteiger partial charge in [0.15, 0.2) is 17.3 Å². The van der Waals surface area contributed by atoms with Gasteiger partial charge in [0.1, 0.15) is 11.5 Å². The Balaban J connectivity index is 1.01. The average molecular weight is 638 g/mol. The Bertz CT molecular complexity index is 1840. The van der Waals surface area contributed by atoms with Crippen LogP contribution in [0, 0.1) is 0 Å². The molecule has 1 saturated heterocycles. The van der Waals surface area contributed by atoms with E-state index in [0.717, 1.165) is 42.8 Å². The molecular formula is C35H39N7O5. The van der Waals surface area contributed by atoms with Gasteiger partial charge >= 0.3 is 0 Å². The lowest BCUT2D eigenvalue weighted by molar-refractivity contribution is -0.116. The molecule has 0 radical (unpaired) electrons. The average Bonchev–Trinajstić information content (AvgIpc) is 3.78. The predicted octanol–water partition coefficient (Wildman–Crippen LogP) is 5.37. The zero-order chi connectivity index (χ0) is 33.1. The van der Waals surface area contributed by atoms with Gasteiger partial charge in [0.2, 0.25) is 5.91 Å². The molecule has 12 nitrogen and oxygen atoms in total. The Labute approximate surface area is 273 Å². The van der Waals surface area contributed by atoms with Gasteiger partial charge in [-0.15, -0.1) is 0 Å². The van der Waals surface area contributed by atoms with Gasteiger partial charge in [0.25, 0.3) is 11.8 Å². The first-order valence-electron chi connectivity index (χ1n) is 15.8. The molecule has 3 amide bonds. The summed E-state index contributed by atoms with van der Waals surface area (Å²) < 4.78 is 15.2. The summed E-state index contributed by atoms with van der Waals surface area (Å²) in [7, 11) is 5.27. The first-order valence-corrected chi connectivity index (χ1v) is 15.8. The summed E-state index contributed by atoms with van der Waals surface area (Å²) >= 11 is 0. The Morgan fingerprint density at radius 3 is 2.55 bits per heavy atom. The fourth-order valence-electron chi connectivity index (χ4n) is 6.03. The van der Waals surface area contributed by atoms with Crippen molar-refractivity contribution in [2.75, 3.05) is 30.9 Å². The largest absolute Gasteiger partial charge is 0.493 e. The number of aliphatic imine (C=N–C) groups is 1. The Morgan fingerprint density at radius 1 is 1.00 bits per heavy atom. The van der Waals surface area contributed by atoms with E-state index in [-0.39, 0.29) is 36.8 Å². The van der Waals surface area contributed by atoms with E-state index in [1.54, 1.807) is 22.9 Å². The number of ether oxygens (including phenoxy) is 2. The van der Waals surface area contributed by atoms with Gasteiger partial charge in [-0.05, 0) is 49.1 Å². The molecule has 2 aliphatic rings. The van der Waals surface area contributed by atoms with Crippen molar-refractivity contribution in [1.82, 2.24) is 19.0 Å². The number of benzene rings is 2. The number of amides is 3. The van der Waals surface area contributed by atoms with E-state index in [1.807, 2.05) is 73.2 Å². The molecule has 244 valence electrons. The van der Waals surface area contributed by atoms with Crippen molar-refractivity contribution in [3.8, 4) is 22.6 Å². The number of imidazole rings is 1. The minimum atomic E-state index is -0.239. The molecule has 0 spiro atoms. The fourth-order valence-corrected chi connectivity index (χ4v) is 6.03. The quantitative estimate of drug-likeness (QED) is 0.213. The van der Waals surface area contributed by atoms with Gasteiger partial charge in [0, 0.05) is 69.4 Å². The van der Waals surface area contributed by atoms with Crippen LogP contribution in [0.3, 0.4) is 0 Å². The van der Waals surface area contributed by atoms with Crippen molar-refractivity contribution in [1.29, 1.82) is 0 Å². The molecule has 47 heavy (non-hydrogen) atoms. The van der Waals surface area contributed by atoms with Gasteiger partial charge in [-0.3, -0.25) is 19.4 Å². The third-order valence-electron chi connectivity index (χ3n) is 8.53. The molecule has 6 rings (SSSR count). The minimum absolute atomic E-state index is 0.0248. The molecule has 2 aromatic carbocycles. The number of anilines is 2. The maximum Gasteiger partial charge on any atom is 0.273 e. The van der Waals surface area contributed by atoms with E-state index in [2.05, 4.69) is 20.6 Å². The molecule has 0 saturated carbocycles. The number of aryl methyl sites for hydroxylation is 3. The van der Waals surface area contributed by atoms with E-state index in [4.69, 9.17) is 9.47 Å². The van der Waals surface area contributed by atoms with Crippen molar-refractivity contribution in [3.05, 3.63) is 71.9 Å². The molecule has 0 bridgehead atoms. The van der Waals surface area contributed by atoms with Crippen molar-refractivity contribution < 1.29 is 23.9 Å². The standard InChI is InChI=1S/C35H39N7O5/c1-5-32-38-31(21-41(32)3)39-34(44)28-16-23(20-40(28)2)22-10-12-24(13-11-22)37-33(43)9-7-15-47-30-18-27-26(17-29(30)46-4)35(45)42-14-6-8-25(42)19-36-27/h10-13,16-21,25H,5-9,14-15H2,1-4H3,(H,37,43)(H,39,44)/t25-/m0/s1. The molecule has 2 N–H and O–H groups in total. The Kier molecular flexibility index (Phi) is 9.10. The van der Waals surface area contributed by atoms with Crippen LogP contribution in [-0.2, 0) is 25.3 Å². The number of aromatic nitrogens is 3. The van der Waals surface area contributed by atoms with Crippen LogP contribution in [0.5, 0.6) is 11.5 Å². The molecule has 2 aliphatic heterocycles. The number of nitrogens with zero attached hydrogens (tertiary/aromatic N) is 5. The molecular weight excluding hydrogens is 598 g/mol. The van der Waals surface area contributed by atoms with Crippen LogP contribution in [0.2, 0.25) is 0 Å². The molecule has 12 heteroatoms. The highest BCUT2D eigenvalue weighted by Gasteiger charge is 2.32. The summed E-state index contributed by atoms with van der Waals surface area (Å²) in [6.45, 7) is 3.03. The van der Waals surface area contributed by atoms with E-state index in [9.17, 15) is 14.4 Å². The summed E-state index contributed by atoms with van der Waals surface area (Å²) in [4.78, 5) is 49.6. The lowest BCUT2D eigenvalue weighted by atomic mass is 10.1. The second-order valence-electron chi connectivity index (χ2n) is 11.8. The third-order valence-corrected chi connectivity index (χ3v) is 8.53. The lowest BCUT2D eigenvalue weighted by Gasteiger charge is -2.20. The number of hydrogen-bond donors (Lipinski definition) is 2. The first-order chi connectivity index (χ1) is 22.7. The molecule has 0 unspecified atom stereocenters. The van der Waals surface area contributed by atoms with Crippen molar-refractivity contribution in [3.63, 3.8) is 0 Å². The number of hydrogen-bond acceptors (Lipinski definition) is 7. The summed E-state index contributed by atoms with van der Waals surface area (Å²) in [5.41, 5.74) is 4.04. The third kappa shape index (κ3) is 6.76. The summed E-state index contributed by atoms with van der Waals surface area (Å²) in [6.07, 6.45) is 8.94. The fraction of sp³-hybridized carbons (Fsp3) is 0.343. The number of fused-ring (bicyclic) bond motifs is 2. The molecule has 1 fully saturated rings. The molecule has 0 aliphatic carbocycles. The zero-order valence-corrected chi connectivity index (χ0v) is 27.1. The smallest absolute Gasteiger partial charge is 0.273 e. The van der Waals surface area contributed by atoms with Crippen LogP contribution in [0.25, 0.3) is 11.1 Å². The summed E-state index contributed by atoms with van der Waals surface area (Å²) in [6, 6.07) is 12.8.